The summed E-state index contributed by atoms with van der Waals surface area (Å²) >= 11 is 0. The van der Waals surface area contributed by atoms with Crippen LogP contribution < -0.4 is 0 Å². The third-order valence-corrected chi connectivity index (χ3v) is 3.95. The molecular weight excluding hydrogens is 184 g/mol. The molecule has 0 aromatic carbocycles. The van der Waals surface area contributed by atoms with Crippen molar-refractivity contribution in [3.8, 4) is 0 Å². The van der Waals surface area contributed by atoms with Crippen LogP contribution in [0.4, 0.5) is 0 Å². The minimum Gasteiger partial charge on any atom is -0.224 e. The summed E-state index contributed by atoms with van der Waals surface area (Å²) in [6, 6.07) is 0. The average molecular weight is 200 g/mol. The average Bonchev–Trinajstić information content (AvgIpc) is 2.02. The minimum atomic E-state index is -3.00. The van der Waals surface area contributed by atoms with E-state index in [1.807, 2.05) is 19.9 Å². The molecule has 0 spiro atoms. The van der Waals surface area contributed by atoms with Crippen LogP contribution >= 0.6 is 0 Å². The zero-order valence-electron chi connectivity index (χ0n) is 8.37. The SMILES string of the molecule is CCS(=O)(=O)C1=CC(C)CC(C)=C1. The first kappa shape index (κ1) is 10.5. The van der Waals surface area contributed by atoms with Gasteiger partial charge >= 0.3 is 0 Å². The molecule has 0 heterocycles. The summed E-state index contributed by atoms with van der Waals surface area (Å²) in [6.07, 6.45) is 4.62. The number of sulfone groups is 1. The highest BCUT2D eigenvalue weighted by atomic mass is 32.2. The Kier molecular flexibility index (Phi) is 2.96. The van der Waals surface area contributed by atoms with Crippen LogP contribution in [0.5, 0.6) is 0 Å². The summed E-state index contributed by atoms with van der Waals surface area (Å²) in [5.74, 6) is 0.538. The van der Waals surface area contributed by atoms with Crippen molar-refractivity contribution in [3.05, 3.63) is 22.6 Å². The first-order chi connectivity index (χ1) is 5.95. The molecule has 0 saturated heterocycles. The molecule has 13 heavy (non-hydrogen) atoms. The maximum Gasteiger partial charge on any atom is 0.177 e. The Morgan fingerprint density at radius 2 is 2.15 bits per heavy atom. The van der Waals surface area contributed by atoms with E-state index >= 15 is 0 Å². The van der Waals surface area contributed by atoms with Gasteiger partial charge in [-0.3, -0.25) is 0 Å². The monoisotopic (exact) mass is 200 g/mol. The first-order valence-electron chi connectivity index (χ1n) is 4.57. The van der Waals surface area contributed by atoms with Crippen LogP contribution in [0.1, 0.15) is 27.2 Å². The second-order valence-electron chi connectivity index (χ2n) is 3.64. The first-order valence-corrected chi connectivity index (χ1v) is 6.22. The van der Waals surface area contributed by atoms with Crippen molar-refractivity contribution in [3.63, 3.8) is 0 Å². The molecule has 0 N–H and O–H groups in total. The molecule has 0 bridgehead atoms. The molecule has 74 valence electrons. The van der Waals surface area contributed by atoms with Gasteiger partial charge in [0.2, 0.25) is 0 Å². The smallest absolute Gasteiger partial charge is 0.177 e. The second kappa shape index (κ2) is 3.66. The topological polar surface area (TPSA) is 34.1 Å². The number of hydrogen-bond acceptors (Lipinski definition) is 2. The van der Waals surface area contributed by atoms with Gasteiger partial charge in [0.1, 0.15) is 0 Å². The summed E-state index contributed by atoms with van der Waals surface area (Å²) in [5, 5.41) is 0. The van der Waals surface area contributed by atoms with E-state index in [9.17, 15) is 8.42 Å². The van der Waals surface area contributed by atoms with Gasteiger partial charge in [-0.2, -0.15) is 0 Å². The number of allylic oxidation sites excluding steroid dienone is 3. The van der Waals surface area contributed by atoms with Crippen LogP contribution in [-0.4, -0.2) is 14.2 Å². The molecule has 0 aromatic rings. The van der Waals surface area contributed by atoms with Crippen LogP contribution in [0.2, 0.25) is 0 Å². The van der Waals surface area contributed by atoms with E-state index in [0.29, 0.717) is 10.8 Å². The maximum atomic E-state index is 11.5. The van der Waals surface area contributed by atoms with Crippen molar-refractivity contribution in [2.45, 2.75) is 27.2 Å². The molecule has 0 aromatic heterocycles. The highest BCUT2D eigenvalue weighted by molar-refractivity contribution is 7.95. The molecule has 1 atom stereocenters. The van der Waals surface area contributed by atoms with Gasteiger partial charge in [-0.25, -0.2) is 8.42 Å². The van der Waals surface area contributed by atoms with Crippen molar-refractivity contribution < 1.29 is 8.42 Å². The standard InChI is InChI=1S/C10H16O2S/c1-4-13(11,12)10-6-8(2)5-9(3)7-10/h6-8H,4-5H2,1-3H3. The molecule has 1 rings (SSSR count). The van der Waals surface area contributed by atoms with Gasteiger partial charge in [-0.15, -0.1) is 0 Å². The van der Waals surface area contributed by atoms with E-state index in [2.05, 4.69) is 0 Å². The molecule has 0 saturated carbocycles. The van der Waals surface area contributed by atoms with E-state index in [1.165, 1.54) is 0 Å². The quantitative estimate of drug-likeness (QED) is 0.685. The Labute approximate surface area is 80.3 Å². The molecule has 0 fully saturated rings. The van der Waals surface area contributed by atoms with Gasteiger partial charge in [0.05, 0.1) is 10.7 Å². The van der Waals surface area contributed by atoms with Gasteiger partial charge in [0.15, 0.2) is 9.84 Å². The fourth-order valence-corrected chi connectivity index (χ4v) is 2.71. The third kappa shape index (κ3) is 2.44. The third-order valence-electron chi connectivity index (χ3n) is 2.22. The number of hydrogen-bond donors (Lipinski definition) is 0. The van der Waals surface area contributed by atoms with Crippen molar-refractivity contribution in [1.29, 1.82) is 0 Å². The van der Waals surface area contributed by atoms with Crippen molar-refractivity contribution in [2.24, 2.45) is 5.92 Å². The van der Waals surface area contributed by atoms with Gasteiger partial charge < -0.3 is 0 Å². The largest absolute Gasteiger partial charge is 0.224 e. The fourth-order valence-electron chi connectivity index (χ4n) is 1.56. The summed E-state index contributed by atoms with van der Waals surface area (Å²) in [6.45, 7) is 5.70. The summed E-state index contributed by atoms with van der Waals surface area (Å²) in [4.78, 5) is 0.506. The van der Waals surface area contributed by atoms with E-state index in [0.717, 1.165) is 12.0 Å². The van der Waals surface area contributed by atoms with Crippen LogP contribution in [0, 0.1) is 5.92 Å². The zero-order valence-corrected chi connectivity index (χ0v) is 9.19. The van der Waals surface area contributed by atoms with Crippen LogP contribution in [0.25, 0.3) is 0 Å². The Balaban J connectivity index is 3.06. The zero-order chi connectivity index (χ0) is 10.1. The van der Waals surface area contributed by atoms with Gasteiger partial charge in [0, 0.05) is 0 Å². The van der Waals surface area contributed by atoms with E-state index < -0.39 is 9.84 Å². The van der Waals surface area contributed by atoms with Crippen molar-refractivity contribution in [2.75, 3.05) is 5.75 Å². The maximum absolute atomic E-state index is 11.5. The highest BCUT2D eigenvalue weighted by Crippen LogP contribution is 2.25. The second-order valence-corrected chi connectivity index (χ2v) is 5.92. The van der Waals surface area contributed by atoms with Gasteiger partial charge in [-0.05, 0) is 25.3 Å². The lowest BCUT2D eigenvalue weighted by Crippen LogP contribution is -2.10. The van der Waals surface area contributed by atoms with Crippen LogP contribution in [0.3, 0.4) is 0 Å². The number of rotatable bonds is 2. The molecule has 3 heteroatoms. The van der Waals surface area contributed by atoms with Gasteiger partial charge in [-0.1, -0.05) is 25.5 Å². The molecule has 2 nitrogen and oxygen atoms in total. The Hall–Kier alpha value is -0.570. The summed E-state index contributed by atoms with van der Waals surface area (Å²) in [7, 11) is -3.00. The fraction of sp³-hybridized carbons (Fsp3) is 0.600. The van der Waals surface area contributed by atoms with Crippen molar-refractivity contribution in [1.82, 2.24) is 0 Å². The molecule has 1 aliphatic carbocycles. The lowest BCUT2D eigenvalue weighted by molar-refractivity contribution is 0.601. The molecule has 0 aliphatic heterocycles. The van der Waals surface area contributed by atoms with E-state index in [1.54, 1.807) is 13.0 Å². The molecule has 0 radical (unpaired) electrons. The normalized spacial score (nSPS) is 23.8. The van der Waals surface area contributed by atoms with E-state index in [-0.39, 0.29) is 5.75 Å². The Bertz CT molecular complexity index is 347. The van der Waals surface area contributed by atoms with Crippen molar-refractivity contribution >= 4 is 9.84 Å². The molecule has 1 unspecified atom stereocenters. The van der Waals surface area contributed by atoms with Crippen LogP contribution in [-0.2, 0) is 9.84 Å². The minimum absolute atomic E-state index is 0.190. The summed E-state index contributed by atoms with van der Waals surface area (Å²) < 4.78 is 23.1. The lowest BCUT2D eigenvalue weighted by Gasteiger charge is -2.15. The molecular formula is C10H16O2S. The summed E-state index contributed by atoms with van der Waals surface area (Å²) in [5.41, 5.74) is 1.15. The predicted molar refractivity (Wildman–Crippen MR) is 55.1 cm³/mol. The Morgan fingerprint density at radius 3 is 2.62 bits per heavy atom. The van der Waals surface area contributed by atoms with Crippen LogP contribution in [0.15, 0.2) is 22.6 Å². The lowest BCUT2D eigenvalue weighted by atomic mass is 9.97. The van der Waals surface area contributed by atoms with E-state index in [4.69, 9.17) is 0 Å². The highest BCUT2D eigenvalue weighted by Gasteiger charge is 2.18. The Morgan fingerprint density at radius 1 is 1.54 bits per heavy atom. The predicted octanol–water partition coefficient (Wildman–Crippen LogP) is 2.29. The molecule has 0 amide bonds. The molecule has 1 aliphatic rings. The van der Waals surface area contributed by atoms with Gasteiger partial charge in [0.25, 0.3) is 0 Å².